The number of nitrogens with one attached hydrogen (secondary N) is 1. The van der Waals surface area contributed by atoms with Gasteiger partial charge in [-0.15, -0.1) is 0 Å². The van der Waals surface area contributed by atoms with Crippen LogP contribution in [0.1, 0.15) is 32.6 Å². The smallest absolute Gasteiger partial charge is 0.244 e. The molecule has 0 bridgehead atoms. The van der Waals surface area contributed by atoms with E-state index in [9.17, 15) is 9.59 Å². The third kappa shape index (κ3) is 2.43. The zero-order valence-electron chi connectivity index (χ0n) is 9.66. The fraction of sp³-hybridized carbons (Fsp3) is 0.667. The van der Waals surface area contributed by atoms with Crippen LogP contribution in [0.5, 0.6) is 0 Å². The first-order chi connectivity index (χ1) is 7.66. The van der Waals surface area contributed by atoms with Crippen molar-refractivity contribution < 1.29 is 9.59 Å². The van der Waals surface area contributed by atoms with Crippen LogP contribution in [0, 0.1) is 0 Å². The Labute approximate surface area is 95.7 Å². The third-order valence-corrected chi connectivity index (χ3v) is 3.17. The van der Waals surface area contributed by atoms with Crippen molar-refractivity contribution in [3.8, 4) is 0 Å². The number of rotatable bonds is 3. The number of carbonyl (C=O) groups excluding carboxylic acids is 2. The molecule has 1 N–H and O–H groups in total. The lowest BCUT2D eigenvalue weighted by molar-refractivity contribution is -0.131. The highest BCUT2D eigenvalue weighted by molar-refractivity contribution is 5.93. The Balaban J connectivity index is 1.87. The molecule has 0 radical (unpaired) electrons. The first-order valence-corrected chi connectivity index (χ1v) is 5.95. The SMILES string of the molecule is CC(NC1=CC(=O)CC1)C(=O)N1CCCC1. The van der Waals surface area contributed by atoms with Crippen molar-refractivity contribution in [2.75, 3.05) is 13.1 Å². The molecular formula is C12H18N2O2. The van der Waals surface area contributed by atoms with E-state index in [0.717, 1.165) is 38.0 Å². The molecule has 88 valence electrons. The van der Waals surface area contributed by atoms with Crippen LogP contribution in [0.15, 0.2) is 11.8 Å². The lowest BCUT2D eigenvalue weighted by atomic mass is 10.2. The summed E-state index contributed by atoms with van der Waals surface area (Å²) in [5.74, 6) is 0.307. The molecule has 0 spiro atoms. The van der Waals surface area contributed by atoms with E-state index in [-0.39, 0.29) is 17.7 Å². The summed E-state index contributed by atoms with van der Waals surface area (Å²) in [5, 5.41) is 3.13. The van der Waals surface area contributed by atoms with Gasteiger partial charge in [-0.25, -0.2) is 0 Å². The molecule has 1 fully saturated rings. The maximum absolute atomic E-state index is 12.0. The predicted molar refractivity (Wildman–Crippen MR) is 60.7 cm³/mol. The molecule has 1 aliphatic carbocycles. The fourth-order valence-corrected chi connectivity index (χ4v) is 2.26. The number of likely N-dealkylation sites (tertiary alicyclic amines) is 1. The zero-order chi connectivity index (χ0) is 11.5. The third-order valence-electron chi connectivity index (χ3n) is 3.17. The Morgan fingerprint density at radius 3 is 2.62 bits per heavy atom. The van der Waals surface area contributed by atoms with E-state index in [1.807, 2.05) is 11.8 Å². The molecule has 4 nitrogen and oxygen atoms in total. The molecule has 1 amide bonds. The lowest BCUT2D eigenvalue weighted by Crippen LogP contribution is -2.43. The van der Waals surface area contributed by atoms with Crippen LogP contribution >= 0.6 is 0 Å². The van der Waals surface area contributed by atoms with Crippen LogP contribution in [-0.2, 0) is 9.59 Å². The predicted octanol–water partition coefficient (Wildman–Crippen LogP) is 0.834. The van der Waals surface area contributed by atoms with E-state index in [2.05, 4.69) is 5.32 Å². The van der Waals surface area contributed by atoms with E-state index >= 15 is 0 Å². The van der Waals surface area contributed by atoms with Gasteiger partial charge in [0.2, 0.25) is 5.91 Å². The summed E-state index contributed by atoms with van der Waals surface area (Å²) in [5.41, 5.74) is 0.907. The van der Waals surface area contributed by atoms with Crippen LogP contribution in [0.2, 0.25) is 0 Å². The Hall–Kier alpha value is -1.32. The van der Waals surface area contributed by atoms with Crippen molar-refractivity contribution >= 4 is 11.7 Å². The number of amides is 1. The number of allylic oxidation sites excluding steroid dienone is 2. The van der Waals surface area contributed by atoms with E-state index in [1.165, 1.54) is 0 Å². The summed E-state index contributed by atoms with van der Waals surface area (Å²) in [6.45, 7) is 3.62. The number of ketones is 1. The van der Waals surface area contributed by atoms with Gasteiger partial charge in [0.05, 0.1) is 0 Å². The summed E-state index contributed by atoms with van der Waals surface area (Å²) in [4.78, 5) is 24.9. The fourth-order valence-electron chi connectivity index (χ4n) is 2.26. The standard InChI is InChI=1S/C12H18N2O2/c1-9(12(16)14-6-2-3-7-14)13-10-4-5-11(15)8-10/h8-9,13H,2-7H2,1H3. The average molecular weight is 222 g/mol. The average Bonchev–Trinajstić information content (AvgIpc) is 2.88. The maximum Gasteiger partial charge on any atom is 0.244 e. The molecule has 4 heteroatoms. The summed E-state index contributed by atoms with van der Waals surface area (Å²) in [7, 11) is 0. The van der Waals surface area contributed by atoms with Crippen LogP contribution in [-0.4, -0.2) is 35.7 Å². The lowest BCUT2D eigenvalue weighted by Gasteiger charge is -2.22. The zero-order valence-corrected chi connectivity index (χ0v) is 9.66. The summed E-state index contributed by atoms with van der Waals surface area (Å²) in [6, 6.07) is -0.213. The van der Waals surface area contributed by atoms with E-state index in [1.54, 1.807) is 6.08 Å². The van der Waals surface area contributed by atoms with Crippen molar-refractivity contribution in [2.24, 2.45) is 0 Å². The first kappa shape index (κ1) is 11.2. The number of hydrogen-bond acceptors (Lipinski definition) is 3. The minimum absolute atomic E-state index is 0.151. The molecule has 2 aliphatic rings. The highest BCUT2D eigenvalue weighted by atomic mass is 16.2. The van der Waals surface area contributed by atoms with Gasteiger partial charge in [-0.05, 0) is 26.2 Å². The Morgan fingerprint density at radius 2 is 2.06 bits per heavy atom. The number of nitrogens with zero attached hydrogens (tertiary/aromatic N) is 1. The molecule has 1 heterocycles. The van der Waals surface area contributed by atoms with Crippen molar-refractivity contribution in [3.63, 3.8) is 0 Å². The second-order valence-corrected chi connectivity index (χ2v) is 4.53. The van der Waals surface area contributed by atoms with Crippen LogP contribution < -0.4 is 5.32 Å². The first-order valence-electron chi connectivity index (χ1n) is 5.95. The summed E-state index contributed by atoms with van der Waals surface area (Å²) >= 11 is 0. The van der Waals surface area contributed by atoms with Gasteiger partial charge in [0.15, 0.2) is 5.78 Å². The molecule has 0 aromatic rings. The minimum Gasteiger partial charge on any atom is -0.377 e. The molecule has 0 saturated carbocycles. The van der Waals surface area contributed by atoms with Gasteiger partial charge in [-0.1, -0.05) is 0 Å². The van der Waals surface area contributed by atoms with Crippen molar-refractivity contribution in [2.45, 2.75) is 38.6 Å². The Kier molecular flexibility index (Phi) is 3.27. The van der Waals surface area contributed by atoms with Gasteiger partial charge < -0.3 is 10.2 Å². The second-order valence-electron chi connectivity index (χ2n) is 4.53. The largest absolute Gasteiger partial charge is 0.377 e. The van der Waals surface area contributed by atoms with Gasteiger partial charge in [-0.3, -0.25) is 9.59 Å². The van der Waals surface area contributed by atoms with Gasteiger partial charge in [0, 0.05) is 31.3 Å². The highest BCUT2D eigenvalue weighted by Gasteiger charge is 2.24. The minimum atomic E-state index is -0.213. The van der Waals surface area contributed by atoms with Crippen LogP contribution in [0.25, 0.3) is 0 Å². The van der Waals surface area contributed by atoms with Crippen molar-refractivity contribution in [1.29, 1.82) is 0 Å². The van der Waals surface area contributed by atoms with Crippen LogP contribution in [0.4, 0.5) is 0 Å². The van der Waals surface area contributed by atoms with Crippen molar-refractivity contribution in [1.82, 2.24) is 10.2 Å². The normalized spacial score (nSPS) is 22.2. The van der Waals surface area contributed by atoms with Gasteiger partial charge in [-0.2, -0.15) is 0 Å². The summed E-state index contributed by atoms with van der Waals surface area (Å²) in [6.07, 6.45) is 5.16. The Bertz CT molecular complexity index is 330. The van der Waals surface area contributed by atoms with Gasteiger partial charge in [0.25, 0.3) is 0 Å². The van der Waals surface area contributed by atoms with Crippen LogP contribution in [0.3, 0.4) is 0 Å². The maximum atomic E-state index is 12.0. The molecule has 1 aliphatic heterocycles. The van der Waals surface area contributed by atoms with Crippen molar-refractivity contribution in [3.05, 3.63) is 11.8 Å². The molecular weight excluding hydrogens is 204 g/mol. The Morgan fingerprint density at radius 1 is 1.38 bits per heavy atom. The van der Waals surface area contributed by atoms with E-state index in [4.69, 9.17) is 0 Å². The summed E-state index contributed by atoms with van der Waals surface area (Å²) < 4.78 is 0. The molecule has 16 heavy (non-hydrogen) atoms. The topological polar surface area (TPSA) is 49.4 Å². The number of carbonyl (C=O) groups is 2. The molecule has 2 rings (SSSR count). The van der Waals surface area contributed by atoms with Gasteiger partial charge >= 0.3 is 0 Å². The molecule has 1 atom stereocenters. The van der Waals surface area contributed by atoms with Gasteiger partial charge in [0.1, 0.15) is 6.04 Å². The molecule has 1 unspecified atom stereocenters. The molecule has 0 aromatic carbocycles. The number of hydrogen-bond donors (Lipinski definition) is 1. The molecule has 0 aromatic heterocycles. The molecule has 1 saturated heterocycles. The highest BCUT2D eigenvalue weighted by Crippen LogP contribution is 2.14. The van der Waals surface area contributed by atoms with E-state index in [0.29, 0.717) is 6.42 Å². The quantitative estimate of drug-likeness (QED) is 0.769. The second kappa shape index (κ2) is 4.68. The van der Waals surface area contributed by atoms with E-state index < -0.39 is 0 Å². The monoisotopic (exact) mass is 222 g/mol.